The van der Waals surface area contributed by atoms with Gasteiger partial charge in [-0.2, -0.15) is 0 Å². The molecular formula is C33H69NO6. The molecule has 0 aromatic rings. The summed E-state index contributed by atoms with van der Waals surface area (Å²) in [4.78, 5) is 22.4. The molecule has 0 aliphatic rings. The SMILES string of the molecule is CCCCCCCCCCCCCC(=O)O.CCCCCCCCCCCCCC(=O)O.CN(CCO)CCO. The fourth-order valence-electron chi connectivity index (χ4n) is 4.33. The maximum absolute atomic E-state index is 10.3. The third-order valence-electron chi connectivity index (χ3n) is 6.95. The van der Waals surface area contributed by atoms with Crippen molar-refractivity contribution in [3.8, 4) is 0 Å². The van der Waals surface area contributed by atoms with E-state index in [0.29, 0.717) is 25.9 Å². The van der Waals surface area contributed by atoms with Crippen LogP contribution in [0.5, 0.6) is 0 Å². The minimum Gasteiger partial charge on any atom is -0.481 e. The van der Waals surface area contributed by atoms with Crippen molar-refractivity contribution in [3.05, 3.63) is 0 Å². The van der Waals surface area contributed by atoms with E-state index in [0.717, 1.165) is 25.7 Å². The van der Waals surface area contributed by atoms with Crippen LogP contribution in [0.25, 0.3) is 0 Å². The maximum atomic E-state index is 10.3. The molecule has 0 atom stereocenters. The zero-order valence-corrected chi connectivity index (χ0v) is 26.9. The second-order valence-electron chi connectivity index (χ2n) is 11.1. The minimum absolute atomic E-state index is 0.163. The average Bonchev–Trinajstić information content (AvgIpc) is 2.91. The van der Waals surface area contributed by atoms with E-state index in [4.69, 9.17) is 20.4 Å². The fourth-order valence-corrected chi connectivity index (χ4v) is 4.33. The van der Waals surface area contributed by atoms with E-state index in [-0.39, 0.29) is 13.2 Å². The molecule has 0 aliphatic heterocycles. The van der Waals surface area contributed by atoms with E-state index in [2.05, 4.69) is 13.8 Å². The second-order valence-corrected chi connectivity index (χ2v) is 11.1. The molecular weight excluding hydrogens is 506 g/mol. The van der Waals surface area contributed by atoms with Crippen LogP contribution >= 0.6 is 0 Å². The Bertz CT molecular complexity index is 448. The molecule has 0 bridgehead atoms. The van der Waals surface area contributed by atoms with Gasteiger partial charge >= 0.3 is 11.9 Å². The van der Waals surface area contributed by atoms with Crippen LogP contribution in [0.1, 0.15) is 168 Å². The summed E-state index contributed by atoms with van der Waals surface area (Å²) in [6.45, 7) is 6.10. The minimum atomic E-state index is -0.657. The maximum Gasteiger partial charge on any atom is 0.303 e. The predicted molar refractivity (Wildman–Crippen MR) is 169 cm³/mol. The zero-order chi connectivity index (χ0) is 30.5. The monoisotopic (exact) mass is 576 g/mol. The van der Waals surface area contributed by atoms with Gasteiger partial charge in [0.05, 0.1) is 13.2 Å². The first-order valence-electron chi connectivity index (χ1n) is 16.7. The van der Waals surface area contributed by atoms with Crippen molar-refractivity contribution in [1.29, 1.82) is 0 Å². The number of nitrogens with zero attached hydrogens (tertiary/aromatic N) is 1. The van der Waals surface area contributed by atoms with E-state index in [9.17, 15) is 9.59 Å². The van der Waals surface area contributed by atoms with Gasteiger partial charge in [0.2, 0.25) is 0 Å². The smallest absolute Gasteiger partial charge is 0.303 e. The molecule has 7 nitrogen and oxygen atoms in total. The molecule has 0 fully saturated rings. The Morgan fingerprint density at radius 3 is 0.875 bits per heavy atom. The molecule has 242 valence electrons. The lowest BCUT2D eigenvalue weighted by molar-refractivity contribution is -0.138. The number of likely N-dealkylation sites (N-methyl/N-ethyl adjacent to an activating group) is 1. The van der Waals surface area contributed by atoms with Gasteiger partial charge < -0.3 is 25.3 Å². The van der Waals surface area contributed by atoms with E-state index in [1.165, 1.54) is 116 Å². The molecule has 0 aromatic carbocycles. The second kappa shape index (κ2) is 40.0. The number of carboxylic acid groups (broad SMARTS) is 2. The van der Waals surface area contributed by atoms with Crippen LogP contribution in [0.3, 0.4) is 0 Å². The van der Waals surface area contributed by atoms with Crippen LogP contribution < -0.4 is 0 Å². The third kappa shape index (κ3) is 49.7. The molecule has 0 rings (SSSR count). The largest absolute Gasteiger partial charge is 0.481 e. The molecule has 4 N–H and O–H groups in total. The first-order valence-corrected chi connectivity index (χ1v) is 16.7. The first kappa shape index (κ1) is 43.3. The molecule has 0 saturated carbocycles. The average molecular weight is 576 g/mol. The molecule has 0 unspecified atom stereocenters. The van der Waals surface area contributed by atoms with Gasteiger partial charge in [-0.15, -0.1) is 0 Å². The van der Waals surface area contributed by atoms with Gasteiger partial charge in [-0.25, -0.2) is 0 Å². The molecule has 0 spiro atoms. The van der Waals surface area contributed by atoms with Crippen LogP contribution in [0, 0.1) is 0 Å². The van der Waals surface area contributed by atoms with Gasteiger partial charge in [0.1, 0.15) is 0 Å². The summed E-state index contributed by atoms with van der Waals surface area (Å²) in [7, 11) is 1.85. The fraction of sp³-hybridized carbons (Fsp3) is 0.939. The highest BCUT2D eigenvalue weighted by molar-refractivity contribution is 5.66. The summed E-state index contributed by atoms with van der Waals surface area (Å²) in [6.07, 6.45) is 28.7. The van der Waals surface area contributed by atoms with E-state index >= 15 is 0 Å². The molecule has 0 aliphatic carbocycles. The molecule has 0 heterocycles. The summed E-state index contributed by atoms with van der Waals surface area (Å²) >= 11 is 0. The van der Waals surface area contributed by atoms with E-state index in [1.807, 2.05) is 11.9 Å². The summed E-state index contributed by atoms with van der Waals surface area (Å²) in [5, 5.41) is 33.6. The topological polar surface area (TPSA) is 118 Å². The van der Waals surface area contributed by atoms with Gasteiger partial charge in [-0.1, -0.05) is 142 Å². The highest BCUT2D eigenvalue weighted by Gasteiger charge is 1.98. The predicted octanol–water partition coefficient (Wildman–Crippen LogP) is 8.45. The van der Waals surface area contributed by atoms with Crippen LogP contribution in [-0.2, 0) is 9.59 Å². The summed E-state index contributed by atoms with van der Waals surface area (Å²) in [5.74, 6) is -1.31. The lowest BCUT2D eigenvalue weighted by Gasteiger charge is -2.11. The van der Waals surface area contributed by atoms with Crippen molar-refractivity contribution in [2.24, 2.45) is 0 Å². The summed E-state index contributed by atoms with van der Waals surface area (Å²) in [5.41, 5.74) is 0. The van der Waals surface area contributed by atoms with Crippen molar-refractivity contribution in [2.75, 3.05) is 33.4 Å². The van der Waals surface area contributed by atoms with Gasteiger partial charge in [-0.05, 0) is 19.9 Å². The first-order chi connectivity index (χ1) is 19.3. The Morgan fingerprint density at radius 1 is 0.450 bits per heavy atom. The number of carbonyl (C=O) groups is 2. The molecule has 0 amide bonds. The molecule has 0 saturated heterocycles. The Balaban J connectivity index is -0.000000543. The van der Waals surface area contributed by atoms with Crippen molar-refractivity contribution in [1.82, 2.24) is 4.90 Å². The third-order valence-corrected chi connectivity index (χ3v) is 6.95. The van der Waals surface area contributed by atoms with Gasteiger partial charge in [0, 0.05) is 25.9 Å². The molecule has 0 aromatic heterocycles. The number of hydrogen-bond donors (Lipinski definition) is 4. The van der Waals surface area contributed by atoms with Crippen LogP contribution in [0.15, 0.2) is 0 Å². The van der Waals surface area contributed by atoms with Gasteiger partial charge in [0.25, 0.3) is 0 Å². The Kier molecular flexibility index (Phi) is 43.2. The number of carboxylic acids is 2. The van der Waals surface area contributed by atoms with Gasteiger partial charge in [0.15, 0.2) is 0 Å². The number of rotatable bonds is 28. The highest BCUT2D eigenvalue weighted by Crippen LogP contribution is 2.13. The van der Waals surface area contributed by atoms with Crippen molar-refractivity contribution >= 4 is 11.9 Å². The van der Waals surface area contributed by atoms with Gasteiger partial charge in [-0.3, -0.25) is 9.59 Å². The summed E-state index contributed by atoms with van der Waals surface area (Å²) in [6, 6.07) is 0. The number of unbranched alkanes of at least 4 members (excludes halogenated alkanes) is 20. The number of aliphatic hydroxyl groups excluding tert-OH is 2. The Labute approximate surface area is 248 Å². The van der Waals surface area contributed by atoms with Crippen molar-refractivity contribution in [3.63, 3.8) is 0 Å². The number of aliphatic carboxylic acids is 2. The van der Waals surface area contributed by atoms with Crippen molar-refractivity contribution < 1.29 is 30.0 Å². The van der Waals surface area contributed by atoms with Crippen LogP contribution in [0.4, 0.5) is 0 Å². The molecule has 0 radical (unpaired) electrons. The van der Waals surface area contributed by atoms with Crippen LogP contribution in [-0.4, -0.2) is 70.6 Å². The standard InChI is InChI=1S/2C14H28O2.C5H13NO2/c2*1-2-3-4-5-6-7-8-9-10-11-12-13-14(15)16;1-6(2-4-7)3-5-8/h2*2-13H2,1H3,(H,15,16);7-8H,2-5H2,1H3. The Hall–Kier alpha value is -1.18. The zero-order valence-electron chi connectivity index (χ0n) is 26.9. The highest BCUT2D eigenvalue weighted by atomic mass is 16.4. The Morgan fingerprint density at radius 2 is 0.675 bits per heavy atom. The van der Waals surface area contributed by atoms with E-state index in [1.54, 1.807) is 0 Å². The van der Waals surface area contributed by atoms with E-state index < -0.39 is 11.9 Å². The number of aliphatic hydroxyl groups is 2. The number of hydrogen-bond acceptors (Lipinski definition) is 5. The molecule has 7 heteroatoms. The normalized spacial score (nSPS) is 10.6. The summed E-state index contributed by atoms with van der Waals surface area (Å²) < 4.78 is 0. The quantitative estimate of drug-likeness (QED) is 0.0691. The lowest BCUT2D eigenvalue weighted by Crippen LogP contribution is -2.25. The lowest BCUT2D eigenvalue weighted by atomic mass is 10.1. The van der Waals surface area contributed by atoms with Crippen LogP contribution in [0.2, 0.25) is 0 Å². The molecule has 40 heavy (non-hydrogen) atoms. The van der Waals surface area contributed by atoms with Crippen molar-refractivity contribution in [2.45, 2.75) is 168 Å².